The van der Waals surface area contributed by atoms with E-state index in [9.17, 15) is 4.79 Å². The van der Waals surface area contributed by atoms with Crippen molar-refractivity contribution >= 4 is 11.8 Å². The van der Waals surface area contributed by atoms with Gasteiger partial charge >= 0.3 is 5.97 Å². The van der Waals surface area contributed by atoms with Crippen molar-refractivity contribution in [2.75, 3.05) is 12.8 Å². The van der Waals surface area contributed by atoms with Crippen molar-refractivity contribution in [3.8, 4) is 5.69 Å². The van der Waals surface area contributed by atoms with Crippen LogP contribution < -0.4 is 5.73 Å². The highest BCUT2D eigenvalue weighted by molar-refractivity contribution is 5.94. The third kappa shape index (κ3) is 1.95. The Morgan fingerprint density at radius 1 is 1.44 bits per heavy atom. The number of methoxy groups -OCH3 is 1. The standard InChI is InChI=1S/C13H15N3O2/c1-3-9-6-4-5-7-11(9)16-12(14)10(8-15-16)13(17)18-2/h4-8H,3,14H2,1-2H3. The zero-order valence-corrected chi connectivity index (χ0v) is 10.4. The summed E-state index contributed by atoms with van der Waals surface area (Å²) in [4.78, 5) is 11.5. The van der Waals surface area contributed by atoms with E-state index in [1.165, 1.54) is 13.3 Å². The average molecular weight is 245 g/mol. The number of nitrogen functional groups attached to an aromatic ring is 1. The number of hydrogen-bond donors (Lipinski definition) is 1. The zero-order valence-electron chi connectivity index (χ0n) is 10.4. The molecule has 0 unspecified atom stereocenters. The van der Waals surface area contributed by atoms with Crippen molar-refractivity contribution in [3.63, 3.8) is 0 Å². The number of ether oxygens (including phenoxy) is 1. The van der Waals surface area contributed by atoms with E-state index in [0.717, 1.165) is 17.7 Å². The highest BCUT2D eigenvalue weighted by atomic mass is 16.5. The average Bonchev–Trinajstić information content (AvgIpc) is 2.79. The SMILES string of the molecule is CCc1ccccc1-n1ncc(C(=O)OC)c1N. The van der Waals surface area contributed by atoms with E-state index < -0.39 is 5.97 Å². The van der Waals surface area contributed by atoms with Gasteiger partial charge in [0.05, 0.1) is 19.0 Å². The molecule has 2 aromatic rings. The Balaban J connectivity index is 2.52. The van der Waals surface area contributed by atoms with Gasteiger partial charge in [-0.3, -0.25) is 0 Å². The first-order valence-corrected chi connectivity index (χ1v) is 5.69. The minimum Gasteiger partial charge on any atom is -0.465 e. The maximum Gasteiger partial charge on any atom is 0.343 e. The van der Waals surface area contributed by atoms with E-state index in [1.54, 1.807) is 4.68 Å². The second-order valence-corrected chi connectivity index (χ2v) is 3.83. The maximum atomic E-state index is 11.5. The highest BCUT2D eigenvalue weighted by Crippen LogP contribution is 2.21. The molecule has 1 aromatic heterocycles. The lowest BCUT2D eigenvalue weighted by atomic mass is 10.1. The molecule has 1 aromatic carbocycles. The fourth-order valence-corrected chi connectivity index (χ4v) is 1.83. The molecule has 2 rings (SSSR count). The first kappa shape index (κ1) is 12.2. The van der Waals surface area contributed by atoms with Gasteiger partial charge in [-0.1, -0.05) is 25.1 Å². The Kier molecular flexibility index (Phi) is 3.32. The number of benzene rings is 1. The first-order valence-electron chi connectivity index (χ1n) is 5.69. The molecular weight excluding hydrogens is 230 g/mol. The van der Waals surface area contributed by atoms with Crippen LogP contribution in [0.15, 0.2) is 30.5 Å². The van der Waals surface area contributed by atoms with Gasteiger partial charge in [-0.25, -0.2) is 9.48 Å². The summed E-state index contributed by atoms with van der Waals surface area (Å²) in [6, 6.07) is 7.80. The third-order valence-corrected chi connectivity index (χ3v) is 2.81. The van der Waals surface area contributed by atoms with E-state index in [2.05, 4.69) is 16.8 Å². The molecule has 5 nitrogen and oxygen atoms in total. The van der Waals surface area contributed by atoms with Gasteiger partial charge in [-0.05, 0) is 18.1 Å². The molecule has 18 heavy (non-hydrogen) atoms. The molecule has 5 heteroatoms. The number of nitrogens with zero attached hydrogens (tertiary/aromatic N) is 2. The van der Waals surface area contributed by atoms with E-state index in [-0.39, 0.29) is 5.56 Å². The number of aryl methyl sites for hydroxylation is 1. The van der Waals surface area contributed by atoms with Crippen LogP contribution in [0.3, 0.4) is 0 Å². The molecule has 0 fully saturated rings. The summed E-state index contributed by atoms with van der Waals surface area (Å²) in [5.41, 5.74) is 8.21. The summed E-state index contributed by atoms with van der Waals surface area (Å²) < 4.78 is 6.21. The molecule has 94 valence electrons. The first-order chi connectivity index (χ1) is 8.69. The molecule has 0 atom stereocenters. The lowest BCUT2D eigenvalue weighted by Crippen LogP contribution is -2.08. The van der Waals surface area contributed by atoms with Gasteiger partial charge < -0.3 is 10.5 Å². The molecule has 2 N–H and O–H groups in total. The van der Waals surface area contributed by atoms with Crippen molar-refractivity contribution in [1.82, 2.24) is 9.78 Å². The van der Waals surface area contributed by atoms with Gasteiger partial charge in [-0.2, -0.15) is 5.10 Å². The summed E-state index contributed by atoms with van der Waals surface area (Å²) in [6.45, 7) is 2.06. The minimum atomic E-state index is -0.479. The van der Waals surface area contributed by atoms with Gasteiger partial charge in [0.25, 0.3) is 0 Å². The molecule has 1 heterocycles. The van der Waals surface area contributed by atoms with Crippen LogP contribution in [-0.4, -0.2) is 22.9 Å². The lowest BCUT2D eigenvalue weighted by Gasteiger charge is -2.09. The van der Waals surface area contributed by atoms with Crippen LogP contribution in [0.4, 0.5) is 5.82 Å². The van der Waals surface area contributed by atoms with Crippen molar-refractivity contribution in [2.45, 2.75) is 13.3 Å². The second kappa shape index (κ2) is 4.91. The Bertz CT molecular complexity index is 575. The number of aromatic nitrogens is 2. The Hall–Kier alpha value is -2.30. The summed E-state index contributed by atoms with van der Waals surface area (Å²) in [6.07, 6.45) is 2.29. The zero-order chi connectivity index (χ0) is 13.1. The molecule has 0 spiro atoms. The Labute approximate surface area is 105 Å². The van der Waals surface area contributed by atoms with E-state index in [1.807, 2.05) is 24.3 Å². The molecular formula is C13H15N3O2. The fourth-order valence-electron chi connectivity index (χ4n) is 1.83. The summed E-state index contributed by atoms with van der Waals surface area (Å²) in [5, 5.41) is 4.15. The topological polar surface area (TPSA) is 70.1 Å². The number of carbonyl (C=O) groups excluding carboxylic acids is 1. The number of anilines is 1. The number of carbonyl (C=O) groups is 1. The maximum absolute atomic E-state index is 11.5. The van der Waals surface area contributed by atoms with E-state index >= 15 is 0 Å². The molecule has 0 amide bonds. The smallest absolute Gasteiger partial charge is 0.343 e. The fraction of sp³-hybridized carbons (Fsp3) is 0.231. The minimum absolute atomic E-state index is 0.281. The van der Waals surface area contributed by atoms with Crippen molar-refractivity contribution in [3.05, 3.63) is 41.6 Å². The van der Waals surface area contributed by atoms with Gasteiger partial charge in [-0.15, -0.1) is 0 Å². The van der Waals surface area contributed by atoms with E-state index in [4.69, 9.17) is 5.73 Å². The van der Waals surface area contributed by atoms with Crippen LogP contribution in [0.1, 0.15) is 22.8 Å². The number of esters is 1. The number of para-hydroxylation sites is 1. The predicted molar refractivity (Wildman–Crippen MR) is 68.7 cm³/mol. The Morgan fingerprint density at radius 3 is 2.83 bits per heavy atom. The summed E-state index contributed by atoms with van der Waals surface area (Å²) in [5.74, 6) is -0.185. The number of rotatable bonds is 3. The van der Waals surface area contributed by atoms with Gasteiger partial charge in [0.15, 0.2) is 0 Å². The van der Waals surface area contributed by atoms with Gasteiger partial charge in [0.1, 0.15) is 11.4 Å². The molecule has 0 radical (unpaired) electrons. The molecule has 0 aliphatic rings. The van der Waals surface area contributed by atoms with Crippen LogP contribution >= 0.6 is 0 Å². The van der Waals surface area contributed by atoms with Crippen LogP contribution in [0.5, 0.6) is 0 Å². The second-order valence-electron chi connectivity index (χ2n) is 3.83. The normalized spacial score (nSPS) is 10.3. The van der Waals surface area contributed by atoms with Crippen molar-refractivity contribution in [2.24, 2.45) is 0 Å². The predicted octanol–water partition coefficient (Wildman–Crippen LogP) is 1.80. The van der Waals surface area contributed by atoms with Crippen LogP contribution in [0, 0.1) is 0 Å². The summed E-state index contributed by atoms with van der Waals surface area (Å²) >= 11 is 0. The van der Waals surface area contributed by atoms with Crippen LogP contribution in [-0.2, 0) is 11.2 Å². The third-order valence-electron chi connectivity index (χ3n) is 2.81. The van der Waals surface area contributed by atoms with Gasteiger partial charge in [0.2, 0.25) is 0 Å². The van der Waals surface area contributed by atoms with Crippen molar-refractivity contribution < 1.29 is 9.53 Å². The quantitative estimate of drug-likeness (QED) is 0.837. The Morgan fingerprint density at radius 2 is 2.17 bits per heavy atom. The van der Waals surface area contributed by atoms with Crippen LogP contribution in [0.25, 0.3) is 5.69 Å². The highest BCUT2D eigenvalue weighted by Gasteiger charge is 2.17. The van der Waals surface area contributed by atoms with Crippen molar-refractivity contribution in [1.29, 1.82) is 0 Å². The summed E-state index contributed by atoms with van der Waals surface area (Å²) in [7, 11) is 1.32. The number of nitrogens with two attached hydrogens (primary N) is 1. The largest absolute Gasteiger partial charge is 0.465 e. The monoisotopic (exact) mass is 245 g/mol. The van der Waals surface area contributed by atoms with Crippen LogP contribution in [0.2, 0.25) is 0 Å². The van der Waals surface area contributed by atoms with Gasteiger partial charge in [0, 0.05) is 0 Å². The molecule has 0 aliphatic carbocycles. The molecule has 0 aliphatic heterocycles. The number of hydrogen-bond acceptors (Lipinski definition) is 4. The van der Waals surface area contributed by atoms with E-state index in [0.29, 0.717) is 5.82 Å². The lowest BCUT2D eigenvalue weighted by molar-refractivity contribution is 0.0602. The molecule has 0 saturated carbocycles. The molecule has 0 saturated heterocycles. The molecule has 0 bridgehead atoms.